The molecule has 0 heterocycles. The number of aliphatic imine (C=N–C) groups is 1. The van der Waals surface area contributed by atoms with Crippen molar-refractivity contribution < 1.29 is 8.42 Å². The van der Waals surface area contributed by atoms with E-state index in [1.54, 1.807) is 13.8 Å². The second kappa shape index (κ2) is 5.49. The van der Waals surface area contributed by atoms with Crippen LogP contribution in [0.3, 0.4) is 0 Å². The molecule has 0 saturated heterocycles. The summed E-state index contributed by atoms with van der Waals surface area (Å²) in [6.07, 6.45) is 1.12. The average molecular weight is 250 g/mol. The Balaban J connectivity index is 4.38. The maximum Gasteiger partial charge on any atom is 0.209 e. The standard InChI is InChI=1S/C9H22N4O2S/c1-7(2)12-8(10)11-6-9(3,4)13-16(5,14)15/h7,13H,6H2,1-5H3,(H3,10,11,12). The molecule has 0 aliphatic rings. The molecule has 16 heavy (non-hydrogen) atoms. The van der Waals surface area contributed by atoms with Crippen molar-refractivity contribution in [1.82, 2.24) is 10.0 Å². The number of hydrogen-bond donors (Lipinski definition) is 3. The maximum atomic E-state index is 11.1. The highest BCUT2D eigenvalue weighted by Gasteiger charge is 2.21. The predicted octanol–water partition coefficient (Wildman–Crippen LogP) is -0.373. The smallest absolute Gasteiger partial charge is 0.209 e. The Morgan fingerprint density at radius 1 is 1.44 bits per heavy atom. The lowest BCUT2D eigenvalue weighted by Crippen LogP contribution is -2.46. The lowest BCUT2D eigenvalue weighted by atomic mass is 10.1. The van der Waals surface area contributed by atoms with Crippen LogP contribution in [-0.2, 0) is 10.0 Å². The Bertz CT molecular complexity index is 347. The molecule has 0 atom stereocenters. The molecule has 0 aromatic rings. The van der Waals surface area contributed by atoms with Crippen molar-refractivity contribution in [2.24, 2.45) is 10.7 Å². The topological polar surface area (TPSA) is 96.6 Å². The minimum Gasteiger partial charge on any atom is -0.370 e. The molecule has 0 radical (unpaired) electrons. The van der Waals surface area contributed by atoms with Crippen LogP contribution in [-0.4, -0.2) is 38.8 Å². The first-order valence-electron chi connectivity index (χ1n) is 5.07. The summed E-state index contributed by atoms with van der Waals surface area (Å²) < 4.78 is 24.6. The Labute approximate surface area is 97.8 Å². The van der Waals surface area contributed by atoms with Gasteiger partial charge in [0.2, 0.25) is 10.0 Å². The van der Waals surface area contributed by atoms with Crippen molar-refractivity contribution in [2.45, 2.75) is 39.3 Å². The third-order valence-electron chi connectivity index (χ3n) is 1.54. The highest BCUT2D eigenvalue weighted by molar-refractivity contribution is 7.88. The molecular weight excluding hydrogens is 228 g/mol. The van der Waals surface area contributed by atoms with E-state index in [1.807, 2.05) is 13.8 Å². The van der Waals surface area contributed by atoms with E-state index in [-0.39, 0.29) is 12.6 Å². The minimum absolute atomic E-state index is 0.203. The summed E-state index contributed by atoms with van der Waals surface area (Å²) in [6.45, 7) is 7.68. The summed E-state index contributed by atoms with van der Waals surface area (Å²) in [5, 5.41) is 2.93. The molecule has 0 rings (SSSR count). The van der Waals surface area contributed by atoms with Crippen LogP contribution in [0.5, 0.6) is 0 Å². The summed E-state index contributed by atoms with van der Waals surface area (Å²) in [5.74, 6) is 0.318. The summed E-state index contributed by atoms with van der Waals surface area (Å²) in [5.41, 5.74) is 4.97. The fourth-order valence-corrected chi connectivity index (χ4v) is 2.23. The van der Waals surface area contributed by atoms with Crippen LogP contribution in [0.25, 0.3) is 0 Å². The Kier molecular flexibility index (Phi) is 5.21. The van der Waals surface area contributed by atoms with Crippen molar-refractivity contribution in [3.63, 3.8) is 0 Å². The van der Waals surface area contributed by atoms with Gasteiger partial charge in [0.05, 0.1) is 12.8 Å². The normalized spacial score (nSPS) is 14.2. The Morgan fingerprint density at radius 2 is 1.94 bits per heavy atom. The molecule has 0 spiro atoms. The van der Waals surface area contributed by atoms with E-state index in [0.29, 0.717) is 5.96 Å². The van der Waals surface area contributed by atoms with Crippen LogP contribution in [0.2, 0.25) is 0 Å². The summed E-state index contributed by atoms with van der Waals surface area (Å²) in [7, 11) is -3.23. The van der Waals surface area contributed by atoms with Gasteiger partial charge in [0, 0.05) is 11.6 Å². The average Bonchev–Trinajstić information content (AvgIpc) is 1.95. The lowest BCUT2D eigenvalue weighted by molar-refractivity contribution is 0.465. The first-order chi connectivity index (χ1) is 7.02. The quantitative estimate of drug-likeness (QED) is 0.458. The molecule has 0 aromatic carbocycles. The Morgan fingerprint density at radius 3 is 2.31 bits per heavy atom. The van der Waals surface area contributed by atoms with E-state index < -0.39 is 15.6 Å². The van der Waals surface area contributed by atoms with Gasteiger partial charge < -0.3 is 11.1 Å². The predicted molar refractivity (Wildman–Crippen MR) is 66.8 cm³/mol. The molecule has 0 aromatic heterocycles. The van der Waals surface area contributed by atoms with Gasteiger partial charge in [0.1, 0.15) is 0 Å². The van der Waals surface area contributed by atoms with Gasteiger partial charge in [-0.3, -0.25) is 4.99 Å². The molecule has 6 nitrogen and oxygen atoms in total. The highest BCUT2D eigenvalue weighted by atomic mass is 32.2. The largest absolute Gasteiger partial charge is 0.370 e. The van der Waals surface area contributed by atoms with Gasteiger partial charge in [0.15, 0.2) is 5.96 Å². The molecule has 4 N–H and O–H groups in total. The van der Waals surface area contributed by atoms with Crippen LogP contribution in [0.1, 0.15) is 27.7 Å². The van der Waals surface area contributed by atoms with Crippen LogP contribution in [0.4, 0.5) is 0 Å². The summed E-state index contributed by atoms with van der Waals surface area (Å²) in [4.78, 5) is 4.08. The lowest BCUT2D eigenvalue weighted by Gasteiger charge is -2.23. The zero-order valence-corrected chi connectivity index (χ0v) is 11.4. The maximum absolute atomic E-state index is 11.1. The Hall–Kier alpha value is -0.820. The van der Waals surface area contributed by atoms with Crippen LogP contribution in [0.15, 0.2) is 4.99 Å². The fraction of sp³-hybridized carbons (Fsp3) is 0.889. The molecule has 0 saturated carbocycles. The van der Waals surface area contributed by atoms with Crippen LogP contribution >= 0.6 is 0 Å². The summed E-state index contributed by atoms with van der Waals surface area (Å²) in [6, 6.07) is 0.203. The number of sulfonamides is 1. The van der Waals surface area contributed by atoms with Gasteiger partial charge in [-0.1, -0.05) is 0 Å². The van der Waals surface area contributed by atoms with E-state index in [9.17, 15) is 8.42 Å². The molecule has 0 aliphatic heterocycles. The first kappa shape index (κ1) is 15.2. The molecule has 0 fully saturated rings. The molecule has 0 bridgehead atoms. The zero-order chi connectivity index (χ0) is 13.0. The molecule has 0 unspecified atom stereocenters. The van der Waals surface area contributed by atoms with E-state index in [0.717, 1.165) is 6.26 Å². The second-order valence-electron chi connectivity index (χ2n) is 4.76. The number of nitrogens with two attached hydrogens (primary N) is 1. The van der Waals surface area contributed by atoms with E-state index in [1.165, 1.54) is 0 Å². The van der Waals surface area contributed by atoms with Gasteiger partial charge in [-0.15, -0.1) is 0 Å². The fourth-order valence-electron chi connectivity index (χ4n) is 1.16. The van der Waals surface area contributed by atoms with Gasteiger partial charge in [-0.25, -0.2) is 13.1 Å². The summed E-state index contributed by atoms with van der Waals surface area (Å²) >= 11 is 0. The van der Waals surface area contributed by atoms with Crippen LogP contribution in [0, 0.1) is 0 Å². The van der Waals surface area contributed by atoms with E-state index >= 15 is 0 Å². The number of guanidine groups is 1. The van der Waals surface area contributed by atoms with Gasteiger partial charge in [-0.2, -0.15) is 0 Å². The second-order valence-corrected chi connectivity index (χ2v) is 6.51. The van der Waals surface area contributed by atoms with Gasteiger partial charge >= 0.3 is 0 Å². The molecule has 7 heteroatoms. The molecule has 0 aliphatic carbocycles. The van der Waals surface area contributed by atoms with Gasteiger partial charge in [0.25, 0.3) is 0 Å². The van der Waals surface area contributed by atoms with Crippen molar-refractivity contribution in [1.29, 1.82) is 0 Å². The monoisotopic (exact) mass is 250 g/mol. The highest BCUT2D eigenvalue weighted by Crippen LogP contribution is 2.03. The van der Waals surface area contributed by atoms with E-state index in [2.05, 4.69) is 15.0 Å². The minimum atomic E-state index is -3.23. The third kappa shape index (κ3) is 8.49. The number of nitrogens with zero attached hydrogens (tertiary/aromatic N) is 1. The van der Waals surface area contributed by atoms with Gasteiger partial charge in [-0.05, 0) is 27.7 Å². The van der Waals surface area contributed by atoms with E-state index in [4.69, 9.17) is 5.73 Å². The SMILES string of the molecule is CC(C)NC(N)=NCC(C)(C)NS(C)(=O)=O. The molecular formula is C9H22N4O2S. The molecule has 0 amide bonds. The number of hydrogen-bond acceptors (Lipinski definition) is 3. The van der Waals surface area contributed by atoms with Crippen LogP contribution < -0.4 is 15.8 Å². The number of nitrogens with one attached hydrogen (secondary N) is 2. The van der Waals surface area contributed by atoms with Crippen molar-refractivity contribution in [3.05, 3.63) is 0 Å². The third-order valence-corrected chi connectivity index (χ3v) is 2.47. The van der Waals surface area contributed by atoms with Crippen molar-refractivity contribution in [2.75, 3.05) is 12.8 Å². The number of rotatable bonds is 5. The van der Waals surface area contributed by atoms with Crippen molar-refractivity contribution in [3.8, 4) is 0 Å². The van der Waals surface area contributed by atoms with Crippen molar-refractivity contribution >= 4 is 16.0 Å². The first-order valence-corrected chi connectivity index (χ1v) is 6.96. The molecule has 96 valence electrons. The zero-order valence-electron chi connectivity index (χ0n) is 10.5.